The van der Waals surface area contributed by atoms with Gasteiger partial charge in [-0.25, -0.2) is 13.4 Å². The summed E-state index contributed by atoms with van der Waals surface area (Å²) in [5.41, 5.74) is 2.20. The van der Waals surface area contributed by atoms with E-state index >= 15 is 0 Å². The molecule has 0 saturated heterocycles. The maximum atomic E-state index is 12.8. The normalized spacial score (nSPS) is 12.1. The standard InChI is InChI=1S/C20H20ClN5O3S2/c1-3-26(4-2)31(27,28)17-7-5-6-14(10-17)19-23-24-20(29-19)30-13-16-12-25-11-15(21)8-9-18(25)22-16/h5-12H,3-4,13H2,1-2H3. The predicted octanol–water partition coefficient (Wildman–Crippen LogP) is 4.36. The first-order valence-electron chi connectivity index (χ1n) is 9.60. The highest BCUT2D eigenvalue weighted by Crippen LogP contribution is 2.28. The zero-order valence-electron chi connectivity index (χ0n) is 16.9. The molecule has 0 aliphatic carbocycles. The Hall–Kier alpha value is -2.40. The van der Waals surface area contributed by atoms with Crippen molar-refractivity contribution in [3.05, 3.63) is 59.5 Å². The molecule has 0 saturated carbocycles. The molecule has 0 radical (unpaired) electrons. The van der Waals surface area contributed by atoms with Crippen LogP contribution in [0.2, 0.25) is 5.02 Å². The summed E-state index contributed by atoms with van der Waals surface area (Å²) < 4.78 is 34.6. The van der Waals surface area contributed by atoms with Crippen LogP contribution < -0.4 is 0 Å². The number of halogens is 1. The molecule has 0 N–H and O–H groups in total. The van der Waals surface area contributed by atoms with Gasteiger partial charge in [0.2, 0.25) is 15.9 Å². The number of nitrogens with zero attached hydrogens (tertiary/aromatic N) is 5. The number of hydrogen-bond donors (Lipinski definition) is 0. The van der Waals surface area contributed by atoms with Gasteiger partial charge in [-0.15, -0.1) is 10.2 Å². The second-order valence-electron chi connectivity index (χ2n) is 6.62. The van der Waals surface area contributed by atoms with Crippen molar-refractivity contribution in [1.82, 2.24) is 23.9 Å². The van der Waals surface area contributed by atoms with Crippen molar-refractivity contribution in [1.29, 1.82) is 0 Å². The maximum Gasteiger partial charge on any atom is 0.277 e. The molecule has 0 fully saturated rings. The molecule has 162 valence electrons. The molecule has 4 rings (SSSR count). The van der Waals surface area contributed by atoms with Gasteiger partial charge in [-0.1, -0.05) is 43.3 Å². The van der Waals surface area contributed by atoms with E-state index in [0.717, 1.165) is 11.3 Å². The van der Waals surface area contributed by atoms with Gasteiger partial charge in [-0.05, 0) is 30.3 Å². The summed E-state index contributed by atoms with van der Waals surface area (Å²) in [7, 11) is -3.57. The highest BCUT2D eigenvalue weighted by atomic mass is 35.5. The molecule has 0 aliphatic heterocycles. The van der Waals surface area contributed by atoms with Crippen LogP contribution in [0.15, 0.2) is 63.3 Å². The number of aromatic nitrogens is 4. The van der Waals surface area contributed by atoms with Crippen LogP contribution in [0.25, 0.3) is 17.1 Å². The minimum atomic E-state index is -3.57. The SMILES string of the molecule is CCN(CC)S(=O)(=O)c1cccc(-c2nnc(SCc3cn4cc(Cl)ccc4n3)o2)c1. The lowest BCUT2D eigenvalue weighted by Crippen LogP contribution is -2.30. The van der Waals surface area contributed by atoms with Crippen molar-refractivity contribution in [2.45, 2.75) is 29.7 Å². The number of rotatable bonds is 8. The molecule has 0 spiro atoms. The number of sulfonamides is 1. The third-order valence-corrected chi connectivity index (χ3v) is 7.76. The molecule has 0 amide bonds. The minimum absolute atomic E-state index is 0.199. The summed E-state index contributed by atoms with van der Waals surface area (Å²) in [5, 5.41) is 9.15. The number of imidazole rings is 1. The molecule has 0 unspecified atom stereocenters. The minimum Gasteiger partial charge on any atom is -0.411 e. The smallest absolute Gasteiger partial charge is 0.277 e. The van der Waals surface area contributed by atoms with Crippen LogP contribution >= 0.6 is 23.4 Å². The first-order valence-corrected chi connectivity index (χ1v) is 12.4. The Morgan fingerprint density at radius 2 is 1.94 bits per heavy atom. The molecular weight excluding hydrogens is 458 g/mol. The lowest BCUT2D eigenvalue weighted by molar-refractivity contribution is 0.445. The summed E-state index contributed by atoms with van der Waals surface area (Å²) in [4.78, 5) is 4.73. The molecule has 4 aromatic rings. The quantitative estimate of drug-likeness (QED) is 0.348. The highest BCUT2D eigenvalue weighted by molar-refractivity contribution is 7.98. The summed E-state index contributed by atoms with van der Waals surface area (Å²) in [6.45, 7) is 4.42. The Kier molecular flexibility index (Phi) is 6.33. The largest absolute Gasteiger partial charge is 0.411 e. The monoisotopic (exact) mass is 477 g/mol. The van der Waals surface area contributed by atoms with Gasteiger partial charge in [-0.3, -0.25) is 0 Å². The van der Waals surface area contributed by atoms with E-state index in [4.69, 9.17) is 16.0 Å². The molecule has 0 aliphatic rings. The fourth-order valence-electron chi connectivity index (χ4n) is 3.11. The molecule has 1 aromatic carbocycles. The number of hydrogen-bond acceptors (Lipinski definition) is 7. The number of fused-ring (bicyclic) bond motifs is 1. The summed E-state index contributed by atoms with van der Waals surface area (Å²) in [6.07, 6.45) is 3.69. The van der Waals surface area contributed by atoms with Crippen LogP contribution in [0.4, 0.5) is 0 Å². The molecule has 11 heteroatoms. The van der Waals surface area contributed by atoms with Crippen molar-refractivity contribution in [2.24, 2.45) is 0 Å². The van der Waals surface area contributed by atoms with E-state index in [0.29, 0.717) is 34.7 Å². The van der Waals surface area contributed by atoms with Gasteiger partial charge in [0.05, 0.1) is 15.6 Å². The second kappa shape index (κ2) is 8.99. The molecule has 31 heavy (non-hydrogen) atoms. The van der Waals surface area contributed by atoms with Crippen molar-refractivity contribution in [3.8, 4) is 11.5 Å². The van der Waals surface area contributed by atoms with Crippen LogP contribution in [0.1, 0.15) is 19.5 Å². The van der Waals surface area contributed by atoms with Gasteiger partial charge in [0.15, 0.2) is 0 Å². The van der Waals surface area contributed by atoms with E-state index in [9.17, 15) is 8.42 Å². The van der Waals surface area contributed by atoms with Gasteiger partial charge in [0, 0.05) is 36.8 Å². The lowest BCUT2D eigenvalue weighted by atomic mass is 10.2. The topological polar surface area (TPSA) is 93.6 Å². The molecule has 8 nitrogen and oxygen atoms in total. The van der Waals surface area contributed by atoms with E-state index in [1.165, 1.54) is 16.1 Å². The summed E-state index contributed by atoms with van der Waals surface area (Å²) in [5.74, 6) is 0.804. The van der Waals surface area contributed by atoms with E-state index in [2.05, 4.69) is 15.2 Å². The Balaban J connectivity index is 1.50. The summed E-state index contributed by atoms with van der Waals surface area (Å²) >= 11 is 7.36. The van der Waals surface area contributed by atoms with Gasteiger partial charge in [0.1, 0.15) is 5.65 Å². The van der Waals surface area contributed by atoms with Crippen LogP contribution in [-0.2, 0) is 15.8 Å². The highest BCUT2D eigenvalue weighted by Gasteiger charge is 2.22. The lowest BCUT2D eigenvalue weighted by Gasteiger charge is -2.18. The Bertz CT molecular complexity index is 1320. The van der Waals surface area contributed by atoms with E-state index in [1.807, 2.05) is 30.5 Å². The second-order valence-corrected chi connectivity index (χ2v) is 9.92. The van der Waals surface area contributed by atoms with Crippen LogP contribution in [0, 0.1) is 0 Å². The number of thioether (sulfide) groups is 1. The van der Waals surface area contributed by atoms with Crippen molar-refractivity contribution >= 4 is 39.0 Å². The van der Waals surface area contributed by atoms with Crippen LogP contribution in [0.5, 0.6) is 0 Å². The average molecular weight is 478 g/mol. The fourth-order valence-corrected chi connectivity index (χ4v) is 5.43. The fraction of sp³-hybridized carbons (Fsp3) is 0.250. The molecular formula is C20H20ClN5O3S2. The first kappa shape index (κ1) is 21.8. The van der Waals surface area contributed by atoms with E-state index in [-0.39, 0.29) is 10.8 Å². The van der Waals surface area contributed by atoms with Crippen LogP contribution in [-0.4, -0.2) is 45.4 Å². The maximum absolute atomic E-state index is 12.8. The zero-order chi connectivity index (χ0) is 22.0. The third kappa shape index (κ3) is 4.62. The van der Waals surface area contributed by atoms with Gasteiger partial charge in [0.25, 0.3) is 5.22 Å². The number of pyridine rings is 1. The van der Waals surface area contributed by atoms with E-state index < -0.39 is 10.0 Å². The van der Waals surface area contributed by atoms with E-state index in [1.54, 1.807) is 36.5 Å². The Morgan fingerprint density at radius 3 is 2.71 bits per heavy atom. The average Bonchev–Trinajstić information content (AvgIpc) is 3.39. The van der Waals surface area contributed by atoms with Crippen molar-refractivity contribution in [3.63, 3.8) is 0 Å². The Labute approximate surface area is 189 Å². The third-order valence-electron chi connectivity index (χ3n) is 4.64. The van der Waals surface area contributed by atoms with Crippen molar-refractivity contribution < 1.29 is 12.8 Å². The van der Waals surface area contributed by atoms with Gasteiger partial charge >= 0.3 is 0 Å². The van der Waals surface area contributed by atoms with Gasteiger partial charge < -0.3 is 8.82 Å². The predicted molar refractivity (Wildman–Crippen MR) is 120 cm³/mol. The molecule has 0 bridgehead atoms. The Morgan fingerprint density at radius 1 is 1.13 bits per heavy atom. The molecule has 3 heterocycles. The van der Waals surface area contributed by atoms with Crippen molar-refractivity contribution in [2.75, 3.05) is 13.1 Å². The van der Waals surface area contributed by atoms with Gasteiger partial charge in [-0.2, -0.15) is 4.31 Å². The molecule has 3 aromatic heterocycles. The summed E-state index contributed by atoms with van der Waals surface area (Å²) in [6, 6.07) is 10.2. The zero-order valence-corrected chi connectivity index (χ0v) is 19.3. The molecule has 0 atom stereocenters. The number of benzene rings is 1. The van der Waals surface area contributed by atoms with Crippen LogP contribution in [0.3, 0.4) is 0 Å². The first-order chi connectivity index (χ1) is 14.9.